The van der Waals surface area contributed by atoms with Gasteiger partial charge in [-0.25, -0.2) is 9.97 Å². The number of hydrogen-bond acceptors (Lipinski definition) is 5. The van der Waals surface area contributed by atoms with Crippen LogP contribution in [0.4, 0.5) is 5.82 Å². The van der Waals surface area contributed by atoms with Gasteiger partial charge in [0.05, 0.1) is 24.6 Å². The molecule has 5 heteroatoms. The number of rotatable bonds is 2. The van der Waals surface area contributed by atoms with Gasteiger partial charge in [-0.2, -0.15) is 0 Å². The largest absolute Gasteiger partial charge is 0.377 e. The average Bonchev–Trinajstić information content (AvgIpc) is 2.93. The van der Waals surface area contributed by atoms with Crippen LogP contribution in [0, 0.1) is 0 Å². The fraction of sp³-hybridized carbons (Fsp3) is 0.625. The molecule has 1 fully saturated rings. The van der Waals surface area contributed by atoms with Gasteiger partial charge in [0.15, 0.2) is 0 Å². The van der Waals surface area contributed by atoms with E-state index >= 15 is 0 Å². The summed E-state index contributed by atoms with van der Waals surface area (Å²) in [6.45, 7) is 4.78. The van der Waals surface area contributed by atoms with Crippen molar-refractivity contribution in [1.29, 1.82) is 0 Å². The van der Waals surface area contributed by atoms with E-state index in [0.717, 1.165) is 32.0 Å². The molecule has 0 amide bonds. The molecule has 0 radical (unpaired) electrons. The van der Waals surface area contributed by atoms with Crippen LogP contribution in [0.25, 0.3) is 10.2 Å². The minimum atomic E-state index is 0.441. The number of ether oxygens (including phenoxy) is 1. The van der Waals surface area contributed by atoms with Crippen molar-refractivity contribution in [2.45, 2.75) is 45.1 Å². The van der Waals surface area contributed by atoms with Crippen molar-refractivity contribution < 1.29 is 4.74 Å². The molecule has 0 bridgehead atoms. The van der Waals surface area contributed by atoms with Crippen molar-refractivity contribution in [1.82, 2.24) is 9.97 Å². The van der Waals surface area contributed by atoms with Gasteiger partial charge in [-0.3, -0.25) is 0 Å². The topological polar surface area (TPSA) is 38.2 Å². The van der Waals surface area contributed by atoms with Crippen LogP contribution >= 0.6 is 11.3 Å². The van der Waals surface area contributed by atoms with E-state index in [1.807, 2.05) is 11.3 Å². The molecule has 1 aliphatic heterocycles. The summed E-state index contributed by atoms with van der Waals surface area (Å²) in [6.07, 6.45) is 7.86. The predicted octanol–water partition coefficient (Wildman–Crippen LogP) is 3.19. The first-order chi connectivity index (χ1) is 10.4. The molecule has 0 saturated carbocycles. The van der Waals surface area contributed by atoms with Crippen LogP contribution < -0.4 is 4.90 Å². The summed E-state index contributed by atoms with van der Waals surface area (Å²) in [4.78, 5) is 14.4. The van der Waals surface area contributed by atoms with Crippen molar-refractivity contribution in [2.24, 2.45) is 0 Å². The Morgan fingerprint density at radius 1 is 1.33 bits per heavy atom. The maximum atomic E-state index is 5.65. The zero-order valence-corrected chi connectivity index (χ0v) is 13.3. The van der Waals surface area contributed by atoms with Crippen LogP contribution in [0.3, 0.4) is 0 Å². The van der Waals surface area contributed by atoms with E-state index in [9.17, 15) is 0 Å². The number of fused-ring (bicyclic) bond motifs is 3. The molecule has 3 heterocycles. The number of nitrogens with zero attached hydrogens (tertiary/aromatic N) is 3. The Kier molecular flexibility index (Phi) is 3.55. The van der Waals surface area contributed by atoms with Crippen molar-refractivity contribution >= 4 is 27.4 Å². The Labute approximate surface area is 129 Å². The summed E-state index contributed by atoms with van der Waals surface area (Å²) in [5.41, 5.74) is 1.53. The quantitative estimate of drug-likeness (QED) is 0.854. The Hall–Kier alpha value is -1.20. The third-order valence-electron chi connectivity index (χ3n) is 4.70. The standard InChI is InChI=1S/C16H21N3OS/c1-2-11-9-20-8-7-19(11)15-14-12-5-3-4-6-13(12)21-16(14)18-10-17-15/h10-11H,2-9H2,1H3. The van der Waals surface area contributed by atoms with Crippen LogP contribution in [0.15, 0.2) is 6.33 Å². The molecule has 0 N–H and O–H groups in total. The monoisotopic (exact) mass is 303 g/mol. The fourth-order valence-electron chi connectivity index (χ4n) is 3.56. The molecule has 2 aromatic rings. The number of aromatic nitrogens is 2. The van der Waals surface area contributed by atoms with E-state index in [2.05, 4.69) is 21.8 Å². The van der Waals surface area contributed by atoms with Crippen molar-refractivity contribution in [3.8, 4) is 0 Å². The second kappa shape index (κ2) is 5.54. The highest BCUT2D eigenvalue weighted by molar-refractivity contribution is 7.19. The number of morpholine rings is 1. The third-order valence-corrected chi connectivity index (χ3v) is 5.90. The zero-order chi connectivity index (χ0) is 14.2. The fourth-order valence-corrected chi connectivity index (χ4v) is 4.79. The average molecular weight is 303 g/mol. The predicted molar refractivity (Wildman–Crippen MR) is 86.3 cm³/mol. The van der Waals surface area contributed by atoms with Gasteiger partial charge in [0.25, 0.3) is 0 Å². The van der Waals surface area contributed by atoms with Gasteiger partial charge < -0.3 is 9.64 Å². The molecule has 0 spiro atoms. The minimum Gasteiger partial charge on any atom is -0.377 e. The maximum Gasteiger partial charge on any atom is 0.141 e. The number of thiophene rings is 1. The first-order valence-corrected chi connectivity index (χ1v) is 8.79. The molecular weight excluding hydrogens is 282 g/mol. The molecule has 1 unspecified atom stereocenters. The van der Waals surface area contributed by atoms with Gasteiger partial charge in [0, 0.05) is 11.4 Å². The van der Waals surface area contributed by atoms with Gasteiger partial charge in [0.1, 0.15) is 17.0 Å². The molecular formula is C16H21N3OS. The second-order valence-corrected chi connectivity index (χ2v) is 7.00. The van der Waals surface area contributed by atoms with E-state index in [0.29, 0.717) is 6.04 Å². The molecule has 0 aromatic carbocycles. The van der Waals surface area contributed by atoms with Crippen LogP contribution in [0.1, 0.15) is 36.6 Å². The van der Waals surface area contributed by atoms with Crippen LogP contribution in [0.5, 0.6) is 0 Å². The van der Waals surface area contributed by atoms with E-state index in [-0.39, 0.29) is 0 Å². The molecule has 4 rings (SSSR count). The van der Waals surface area contributed by atoms with Crippen LogP contribution in [0.2, 0.25) is 0 Å². The summed E-state index contributed by atoms with van der Waals surface area (Å²) < 4.78 is 5.65. The summed E-state index contributed by atoms with van der Waals surface area (Å²) in [5, 5.41) is 1.33. The summed E-state index contributed by atoms with van der Waals surface area (Å²) in [6, 6.07) is 0.441. The highest BCUT2D eigenvalue weighted by atomic mass is 32.1. The van der Waals surface area contributed by atoms with E-state index < -0.39 is 0 Å². The third kappa shape index (κ3) is 2.23. The summed E-state index contributed by atoms with van der Waals surface area (Å²) >= 11 is 1.88. The lowest BCUT2D eigenvalue weighted by atomic mass is 9.96. The SMILES string of the molecule is CCC1COCCN1c1ncnc2sc3c(c12)CCCC3. The molecule has 4 nitrogen and oxygen atoms in total. The number of hydrogen-bond donors (Lipinski definition) is 0. The van der Waals surface area contributed by atoms with Crippen LogP contribution in [-0.4, -0.2) is 35.8 Å². The number of aryl methyl sites for hydroxylation is 2. The van der Waals surface area contributed by atoms with Crippen LogP contribution in [-0.2, 0) is 17.6 Å². The number of anilines is 1. The summed E-state index contributed by atoms with van der Waals surface area (Å²) in [7, 11) is 0. The highest BCUT2D eigenvalue weighted by Gasteiger charge is 2.27. The van der Waals surface area contributed by atoms with E-state index in [1.165, 1.54) is 41.5 Å². The smallest absolute Gasteiger partial charge is 0.141 e. The van der Waals surface area contributed by atoms with Gasteiger partial charge in [-0.15, -0.1) is 11.3 Å². The lowest BCUT2D eigenvalue weighted by molar-refractivity contribution is 0.0927. The van der Waals surface area contributed by atoms with Gasteiger partial charge >= 0.3 is 0 Å². The zero-order valence-electron chi connectivity index (χ0n) is 12.5. The highest BCUT2D eigenvalue weighted by Crippen LogP contribution is 2.40. The van der Waals surface area contributed by atoms with Crippen molar-refractivity contribution in [3.05, 3.63) is 16.8 Å². The van der Waals surface area contributed by atoms with Gasteiger partial charge in [0.2, 0.25) is 0 Å². The Morgan fingerprint density at radius 3 is 3.14 bits per heavy atom. The molecule has 112 valence electrons. The lowest BCUT2D eigenvalue weighted by Gasteiger charge is -2.36. The Balaban J connectivity index is 1.86. The molecule has 1 atom stereocenters. The van der Waals surface area contributed by atoms with E-state index in [4.69, 9.17) is 4.74 Å². The lowest BCUT2D eigenvalue weighted by Crippen LogP contribution is -2.45. The minimum absolute atomic E-state index is 0.441. The first kappa shape index (κ1) is 13.5. The Bertz CT molecular complexity index is 654. The second-order valence-electron chi connectivity index (χ2n) is 5.92. The van der Waals surface area contributed by atoms with Crippen molar-refractivity contribution in [2.75, 3.05) is 24.7 Å². The van der Waals surface area contributed by atoms with Gasteiger partial charge in [-0.1, -0.05) is 6.92 Å². The molecule has 1 aliphatic carbocycles. The molecule has 2 aliphatic rings. The molecule has 2 aromatic heterocycles. The van der Waals surface area contributed by atoms with Crippen molar-refractivity contribution in [3.63, 3.8) is 0 Å². The molecule has 21 heavy (non-hydrogen) atoms. The van der Waals surface area contributed by atoms with Gasteiger partial charge in [-0.05, 0) is 37.7 Å². The molecule has 1 saturated heterocycles. The Morgan fingerprint density at radius 2 is 2.24 bits per heavy atom. The van der Waals surface area contributed by atoms with E-state index in [1.54, 1.807) is 11.2 Å². The summed E-state index contributed by atoms with van der Waals surface area (Å²) in [5.74, 6) is 1.15. The maximum absolute atomic E-state index is 5.65. The normalized spacial score (nSPS) is 22.5. The first-order valence-electron chi connectivity index (χ1n) is 7.98.